The Hall–Kier alpha value is -3.42. The van der Waals surface area contributed by atoms with E-state index in [4.69, 9.17) is 4.74 Å². The van der Waals surface area contributed by atoms with Gasteiger partial charge in [-0.3, -0.25) is 4.79 Å². The summed E-state index contributed by atoms with van der Waals surface area (Å²) in [7, 11) is 0. The number of tetrazole rings is 1. The van der Waals surface area contributed by atoms with E-state index >= 15 is 0 Å². The number of benzene rings is 2. The maximum Gasteiger partial charge on any atom is 0.265 e. The number of para-hydroxylation sites is 3. The third-order valence-corrected chi connectivity index (χ3v) is 4.12. The Balaban J connectivity index is 1.37. The van der Waals surface area contributed by atoms with Crippen molar-refractivity contribution < 1.29 is 9.53 Å². The highest BCUT2D eigenvalue weighted by molar-refractivity contribution is 5.97. The molecule has 0 saturated carbocycles. The summed E-state index contributed by atoms with van der Waals surface area (Å²) >= 11 is 0. The molecule has 1 aliphatic heterocycles. The van der Waals surface area contributed by atoms with Gasteiger partial charge in [0.1, 0.15) is 5.75 Å². The Morgan fingerprint density at radius 3 is 2.77 bits per heavy atom. The maximum absolute atomic E-state index is 12.2. The van der Waals surface area contributed by atoms with Crippen molar-refractivity contribution >= 4 is 17.5 Å². The fraction of sp³-hybridized carbons (Fsp3) is 0.222. The van der Waals surface area contributed by atoms with E-state index in [-0.39, 0.29) is 12.5 Å². The highest BCUT2D eigenvalue weighted by Crippen LogP contribution is 2.31. The Bertz CT molecular complexity index is 895. The first kappa shape index (κ1) is 16.1. The Kier molecular flexibility index (Phi) is 4.46. The molecule has 26 heavy (non-hydrogen) atoms. The van der Waals surface area contributed by atoms with Crippen LogP contribution >= 0.6 is 0 Å². The summed E-state index contributed by atoms with van der Waals surface area (Å²) in [5.74, 6) is 1.29. The molecule has 0 saturated heterocycles. The molecule has 0 bridgehead atoms. The van der Waals surface area contributed by atoms with E-state index in [9.17, 15) is 4.79 Å². The number of rotatable bonds is 6. The molecule has 0 fully saturated rings. The van der Waals surface area contributed by atoms with Crippen LogP contribution in [0.15, 0.2) is 54.6 Å². The van der Waals surface area contributed by atoms with Crippen LogP contribution in [0.3, 0.4) is 0 Å². The third-order valence-electron chi connectivity index (χ3n) is 4.12. The fourth-order valence-corrected chi connectivity index (χ4v) is 2.88. The van der Waals surface area contributed by atoms with Gasteiger partial charge in [-0.2, -0.15) is 4.68 Å². The molecule has 0 atom stereocenters. The summed E-state index contributed by atoms with van der Waals surface area (Å²) in [4.78, 5) is 13.9. The second-order valence-electron chi connectivity index (χ2n) is 5.83. The van der Waals surface area contributed by atoms with Gasteiger partial charge in [0.25, 0.3) is 5.91 Å². The molecule has 1 aromatic heterocycles. The highest BCUT2D eigenvalue weighted by atomic mass is 16.5. The third kappa shape index (κ3) is 3.21. The molecule has 8 heteroatoms. The van der Waals surface area contributed by atoms with Crippen molar-refractivity contribution in [3.05, 3.63) is 54.6 Å². The van der Waals surface area contributed by atoms with Crippen molar-refractivity contribution in [1.82, 2.24) is 20.2 Å². The van der Waals surface area contributed by atoms with Crippen molar-refractivity contribution in [1.29, 1.82) is 0 Å². The average Bonchev–Trinajstić information content (AvgIpc) is 3.16. The van der Waals surface area contributed by atoms with Gasteiger partial charge in [0.05, 0.1) is 11.4 Å². The molecular formula is C18H18N6O2. The zero-order chi connectivity index (χ0) is 17.8. The molecule has 4 rings (SSSR count). The molecule has 132 valence electrons. The van der Waals surface area contributed by atoms with Gasteiger partial charge >= 0.3 is 0 Å². The minimum atomic E-state index is -0.0298. The van der Waals surface area contributed by atoms with E-state index in [0.29, 0.717) is 19.0 Å². The topological polar surface area (TPSA) is 85.2 Å². The Morgan fingerprint density at radius 1 is 1.08 bits per heavy atom. The number of carbonyl (C=O) groups excluding carboxylic acids is 1. The van der Waals surface area contributed by atoms with Gasteiger partial charge in [-0.05, 0) is 41.1 Å². The fourth-order valence-electron chi connectivity index (χ4n) is 2.88. The normalized spacial score (nSPS) is 13.2. The van der Waals surface area contributed by atoms with Crippen LogP contribution in [0.5, 0.6) is 5.75 Å². The lowest BCUT2D eigenvalue weighted by Crippen LogP contribution is -2.39. The van der Waals surface area contributed by atoms with E-state index in [2.05, 4.69) is 20.8 Å². The first-order valence-electron chi connectivity index (χ1n) is 8.43. The Morgan fingerprint density at radius 2 is 1.88 bits per heavy atom. The van der Waals surface area contributed by atoms with Gasteiger partial charge in [0.15, 0.2) is 6.61 Å². The van der Waals surface area contributed by atoms with Gasteiger partial charge < -0.3 is 15.0 Å². The summed E-state index contributed by atoms with van der Waals surface area (Å²) < 4.78 is 7.11. The maximum atomic E-state index is 12.2. The second kappa shape index (κ2) is 7.22. The zero-order valence-electron chi connectivity index (χ0n) is 14.1. The number of nitrogens with one attached hydrogen (secondary N) is 1. The van der Waals surface area contributed by atoms with Gasteiger partial charge in [0, 0.05) is 13.1 Å². The van der Waals surface area contributed by atoms with Crippen LogP contribution in [0.4, 0.5) is 11.6 Å². The van der Waals surface area contributed by atoms with E-state index in [1.54, 1.807) is 9.58 Å². The Labute approximate surface area is 150 Å². The molecule has 1 amide bonds. The highest BCUT2D eigenvalue weighted by Gasteiger charge is 2.24. The van der Waals surface area contributed by atoms with E-state index in [0.717, 1.165) is 23.5 Å². The number of hydrogen-bond donors (Lipinski definition) is 1. The molecule has 0 unspecified atom stereocenters. The molecule has 3 aromatic rings. The number of ether oxygens (including phenoxy) is 1. The van der Waals surface area contributed by atoms with E-state index in [1.807, 2.05) is 54.6 Å². The van der Waals surface area contributed by atoms with Crippen molar-refractivity contribution in [2.24, 2.45) is 0 Å². The standard InChI is InChI=1S/C18H18N6O2/c25-17-13-26-16-10-5-4-9-15(16)23(17)12-6-11-19-18-20-21-22-24(18)14-7-2-1-3-8-14/h1-5,7-10H,6,11-13H2,(H,19,20,22). The van der Waals surface area contributed by atoms with Crippen LogP contribution in [0.1, 0.15) is 6.42 Å². The second-order valence-corrected chi connectivity index (χ2v) is 5.83. The lowest BCUT2D eigenvalue weighted by Gasteiger charge is -2.29. The first-order valence-corrected chi connectivity index (χ1v) is 8.43. The minimum absolute atomic E-state index is 0.0298. The molecule has 1 N–H and O–H groups in total. The van der Waals surface area contributed by atoms with Crippen molar-refractivity contribution in [3.63, 3.8) is 0 Å². The van der Waals surface area contributed by atoms with Crippen molar-refractivity contribution in [2.75, 3.05) is 29.9 Å². The number of aromatic nitrogens is 4. The van der Waals surface area contributed by atoms with Crippen molar-refractivity contribution in [2.45, 2.75) is 6.42 Å². The largest absolute Gasteiger partial charge is 0.482 e. The predicted molar refractivity (Wildman–Crippen MR) is 96.6 cm³/mol. The average molecular weight is 350 g/mol. The molecule has 8 nitrogen and oxygen atoms in total. The molecule has 2 aromatic carbocycles. The number of carbonyl (C=O) groups is 1. The van der Waals surface area contributed by atoms with Gasteiger partial charge in [-0.15, -0.1) is 0 Å². The summed E-state index contributed by atoms with van der Waals surface area (Å²) in [6.07, 6.45) is 0.752. The summed E-state index contributed by atoms with van der Waals surface area (Å²) in [6.45, 7) is 1.32. The van der Waals surface area contributed by atoms with Gasteiger partial charge in [-0.1, -0.05) is 35.4 Å². The van der Waals surface area contributed by atoms with E-state index in [1.165, 1.54) is 0 Å². The minimum Gasteiger partial charge on any atom is -0.482 e. The lowest BCUT2D eigenvalue weighted by atomic mass is 10.2. The number of anilines is 2. The molecular weight excluding hydrogens is 332 g/mol. The summed E-state index contributed by atoms with van der Waals surface area (Å²) in [5.41, 5.74) is 1.70. The zero-order valence-corrected chi connectivity index (χ0v) is 14.1. The monoisotopic (exact) mass is 350 g/mol. The number of amides is 1. The molecule has 2 heterocycles. The number of nitrogens with zero attached hydrogens (tertiary/aromatic N) is 5. The van der Waals surface area contributed by atoms with Crippen LogP contribution in [0.2, 0.25) is 0 Å². The smallest absolute Gasteiger partial charge is 0.265 e. The van der Waals surface area contributed by atoms with Crippen LogP contribution in [-0.4, -0.2) is 45.8 Å². The summed E-state index contributed by atoms with van der Waals surface area (Å²) in [6, 6.07) is 17.3. The quantitative estimate of drug-likeness (QED) is 0.684. The molecule has 0 radical (unpaired) electrons. The summed E-state index contributed by atoms with van der Waals surface area (Å²) in [5, 5.41) is 15.0. The van der Waals surface area contributed by atoms with E-state index < -0.39 is 0 Å². The van der Waals surface area contributed by atoms with Crippen LogP contribution in [0, 0.1) is 0 Å². The molecule has 1 aliphatic rings. The van der Waals surface area contributed by atoms with Crippen molar-refractivity contribution in [3.8, 4) is 11.4 Å². The lowest BCUT2D eigenvalue weighted by molar-refractivity contribution is -0.121. The first-order chi connectivity index (χ1) is 12.8. The number of fused-ring (bicyclic) bond motifs is 1. The van der Waals surface area contributed by atoms with Crippen LogP contribution in [0.25, 0.3) is 5.69 Å². The number of hydrogen-bond acceptors (Lipinski definition) is 6. The SMILES string of the molecule is O=C1COc2ccccc2N1CCCNc1nnnn1-c1ccccc1. The van der Waals surface area contributed by atoms with Gasteiger partial charge in [-0.25, -0.2) is 0 Å². The van der Waals surface area contributed by atoms with Crippen LogP contribution < -0.4 is 15.0 Å². The molecule has 0 aliphatic carbocycles. The molecule has 0 spiro atoms. The predicted octanol–water partition coefficient (Wildman–Crippen LogP) is 1.89. The van der Waals surface area contributed by atoms with Gasteiger partial charge in [0.2, 0.25) is 5.95 Å². The van der Waals surface area contributed by atoms with Crippen LogP contribution in [-0.2, 0) is 4.79 Å².